The van der Waals surface area contributed by atoms with Crippen LogP contribution in [0.25, 0.3) is 11.1 Å². The van der Waals surface area contributed by atoms with Crippen LogP contribution in [0.1, 0.15) is 16.1 Å². The van der Waals surface area contributed by atoms with Crippen molar-refractivity contribution >= 4 is 6.29 Å². The average Bonchev–Trinajstić information content (AvgIpc) is 2.62. The van der Waals surface area contributed by atoms with Crippen molar-refractivity contribution in [3.05, 3.63) is 72.2 Å². The molecule has 1 aromatic carbocycles. The highest BCUT2D eigenvalue weighted by atomic mass is 19.4. The van der Waals surface area contributed by atoms with Crippen LogP contribution in [0.2, 0.25) is 0 Å². The van der Waals surface area contributed by atoms with Crippen molar-refractivity contribution in [3.8, 4) is 22.8 Å². The molecule has 2 heterocycles. The van der Waals surface area contributed by atoms with Crippen LogP contribution in [-0.4, -0.2) is 16.3 Å². The molecular formula is C18H11F3N2O2. The molecule has 7 heteroatoms. The van der Waals surface area contributed by atoms with Crippen molar-refractivity contribution in [1.29, 1.82) is 0 Å². The zero-order chi connectivity index (χ0) is 17.9. The third kappa shape index (κ3) is 3.65. The van der Waals surface area contributed by atoms with Crippen molar-refractivity contribution in [2.75, 3.05) is 0 Å². The first-order valence-electron chi connectivity index (χ1n) is 7.20. The summed E-state index contributed by atoms with van der Waals surface area (Å²) >= 11 is 0. The van der Waals surface area contributed by atoms with E-state index in [-0.39, 0.29) is 11.6 Å². The Morgan fingerprint density at radius 2 is 1.68 bits per heavy atom. The molecule has 0 radical (unpaired) electrons. The molecule has 0 saturated carbocycles. The number of halogens is 3. The van der Waals surface area contributed by atoms with E-state index < -0.39 is 11.9 Å². The molecular weight excluding hydrogens is 333 g/mol. The van der Waals surface area contributed by atoms with Crippen molar-refractivity contribution in [2.24, 2.45) is 0 Å². The van der Waals surface area contributed by atoms with Crippen LogP contribution < -0.4 is 4.74 Å². The topological polar surface area (TPSA) is 52.1 Å². The smallest absolute Gasteiger partial charge is 0.433 e. The van der Waals surface area contributed by atoms with Gasteiger partial charge in [-0.2, -0.15) is 13.2 Å². The lowest BCUT2D eigenvalue weighted by Crippen LogP contribution is -2.07. The molecule has 0 saturated heterocycles. The molecule has 0 aliphatic carbocycles. The summed E-state index contributed by atoms with van der Waals surface area (Å²) in [6, 6.07) is 12.3. The second-order valence-corrected chi connectivity index (χ2v) is 5.04. The monoisotopic (exact) mass is 344 g/mol. The molecule has 0 amide bonds. The predicted octanol–water partition coefficient (Wildman–Crippen LogP) is 4.77. The summed E-state index contributed by atoms with van der Waals surface area (Å²) in [5.74, 6) is 0.273. The molecule has 0 unspecified atom stereocenters. The van der Waals surface area contributed by atoms with Crippen LogP contribution in [0.15, 0.2) is 60.9 Å². The molecule has 0 fully saturated rings. The molecule has 0 bridgehead atoms. The summed E-state index contributed by atoms with van der Waals surface area (Å²) in [7, 11) is 0. The number of aromatic nitrogens is 2. The summed E-state index contributed by atoms with van der Waals surface area (Å²) in [6.45, 7) is 0. The minimum absolute atomic E-state index is 0.108. The SMILES string of the molecule is O=Cc1ccccc1-c1cccnc1Oc1ccc(C(F)(F)F)nc1. The first-order chi connectivity index (χ1) is 12.0. The standard InChI is InChI=1S/C18H11F3N2O2/c19-18(20,21)16-8-7-13(10-23-16)25-17-15(6-3-9-22-17)14-5-2-1-4-12(14)11-24/h1-11H. The Hall–Kier alpha value is -3.22. The number of nitrogens with zero attached hydrogens (tertiary/aromatic N) is 2. The van der Waals surface area contributed by atoms with Gasteiger partial charge in [0, 0.05) is 17.3 Å². The first-order valence-corrected chi connectivity index (χ1v) is 7.20. The van der Waals surface area contributed by atoms with Gasteiger partial charge in [-0.05, 0) is 29.8 Å². The van der Waals surface area contributed by atoms with Gasteiger partial charge in [-0.25, -0.2) is 9.97 Å². The Morgan fingerprint density at radius 1 is 0.920 bits per heavy atom. The molecule has 0 N–H and O–H groups in total. The van der Waals surface area contributed by atoms with E-state index in [1.165, 1.54) is 12.3 Å². The van der Waals surface area contributed by atoms with E-state index >= 15 is 0 Å². The third-order valence-corrected chi connectivity index (χ3v) is 3.39. The van der Waals surface area contributed by atoms with Crippen molar-refractivity contribution in [2.45, 2.75) is 6.18 Å². The van der Waals surface area contributed by atoms with Gasteiger partial charge in [0.2, 0.25) is 5.88 Å². The molecule has 0 aliphatic rings. The Balaban J connectivity index is 1.96. The van der Waals surface area contributed by atoms with E-state index in [2.05, 4.69) is 9.97 Å². The molecule has 0 atom stereocenters. The number of carbonyl (C=O) groups is 1. The highest BCUT2D eigenvalue weighted by Gasteiger charge is 2.32. The minimum Gasteiger partial charge on any atom is -0.437 e. The lowest BCUT2D eigenvalue weighted by atomic mass is 10.0. The van der Waals surface area contributed by atoms with Crippen LogP contribution in [0.4, 0.5) is 13.2 Å². The van der Waals surface area contributed by atoms with Gasteiger partial charge in [-0.3, -0.25) is 4.79 Å². The Bertz CT molecular complexity index is 893. The number of hydrogen-bond donors (Lipinski definition) is 0. The number of ether oxygens (including phenoxy) is 1. The predicted molar refractivity (Wildman–Crippen MR) is 84.4 cm³/mol. The van der Waals surface area contributed by atoms with E-state index in [0.717, 1.165) is 12.3 Å². The van der Waals surface area contributed by atoms with E-state index in [1.807, 2.05) is 0 Å². The number of pyridine rings is 2. The molecule has 3 aromatic rings. The fraction of sp³-hybridized carbons (Fsp3) is 0.0556. The highest BCUT2D eigenvalue weighted by Crippen LogP contribution is 2.33. The lowest BCUT2D eigenvalue weighted by Gasteiger charge is -2.12. The summed E-state index contributed by atoms with van der Waals surface area (Å²) < 4.78 is 43.3. The summed E-state index contributed by atoms with van der Waals surface area (Å²) in [6.07, 6.45) is -1.34. The quantitative estimate of drug-likeness (QED) is 0.640. The van der Waals surface area contributed by atoms with Gasteiger partial charge in [-0.15, -0.1) is 0 Å². The number of hydrogen-bond acceptors (Lipinski definition) is 4. The van der Waals surface area contributed by atoms with Gasteiger partial charge in [0.15, 0.2) is 6.29 Å². The van der Waals surface area contributed by atoms with Gasteiger partial charge in [0.05, 0.1) is 6.20 Å². The zero-order valence-electron chi connectivity index (χ0n) is 12.7. The summed E-state index contributed by atoms with van der Waals surface area (Å²) in [5, 5.41) is 0. The number of carbonyl (C=O) groups excluding carboxylic acids is 1. The van der Waals surface area contributed by atoms with Crippen molar-refractivity contribution < 1.29 is 22.7 Å². The van der Waals surface area contributed by atoms with Crippen LogP contribution in [0, 0.1) is 0 Å². The molecule has 3 rings (SSSR count). The van der Waals surface area contributed by atoms with E-state index in [0.29, 0.717) is 23.0 Å². The lowest BCUT2D eigenvalue weighted by molar-refractivity contribution is -0.141. The van der Waals surface area contributed by atoms with Gasteiger partial charge in [0.1, 0.15) is 11.4 Å². The van der Waals surface area contributed by atoms with Crippen molar-refractivity contribution in [1.82, 2.24) is 9.97 Å². The normalized spacial score (nSPS) is 11.2. The van der Waals surface area contributed by atoms with E-state index in [9.17, 15) is 18.0 Å². The largest absolute Gasteiger partial charge is 0.437 e. The van der Waals surface area contributed by atoms with E-state index in [4.69, 9.17) is 4.74 Å². The molecule has 0 spiro atoms. The maximum Gasteiger partial charge on any atom is 0.433 e. The molecule has 2 aromatic heterocycles. The highest BCUT2D eigenvalue weighted by molar-refractivity contribution is 5.88. The average molecular weight is 344 g/mol. The Kier molecular flexibility index (Phi) is 4.47. The molecule has 25 heavy (non-hydrogen) atoms. The number of benzene rings is 1. The fourth-order valence-corrected chi connectivity index (χ4v) is 2.24. The van der Waals surface area contributed by atoms with Gasteiger partial charge >= 0.3 is 6.18 Å². The van der Waals surface area contributed by atoms with Crippen LogP contribution in [-0.2, 0) is 6.18 Å². The van der Waals surface area contributed by atoms with Gasteiger partial charge in [-0.1, -0.05) is 24.3 Å². The van der Waals surface area contributed by atoms with Gasteiger partial charge < -0.3 is 4.74 Å². The number of alkyl halides is 3. The molecule has 126 valence electrons. The Labute approximate surface area is 140 Å². The number of rotatable bonds is 4. The first kappa shape index (κ1) is 16.6. The molecule has 4 nitrogen and oxygen atoms in total. The zero-order valence-corrected chi connectivity index (χ0v) is 12.7. The Morgan fingerprint density at radius 3 is 2.36 bits per heavy atom. The van der Waals surface area contributed by atoms with Crippen molar-refractivity contribution in [3.63, 3.8) is 0 Å². The third-order valence-electron chi connectivity index (χ3n) is 3.39. The van der Waals surface area contributed by atoms with E-state index in [1.54, 1.807) is 36.4 Å². The van der Waals surface area contributed by atoms with Crippen LogP contribution in [0.5, 0.6) is 11.6 Å². The number of aldehydes is 1. The second kappa shape index (κ2) is 6.72. The van der Waals surface area contributed by atoms with Crippen LogP contribution in [0.3, 0.4) is 0 Å². The maximum atomic E-state index is 12.6. The minimum atomic E-state index is -4.52. The maximum absolute atomic E-state index is 12.6. The van der Waals surface area contributed by atoms with Crippen LogP contribution >= 0.6 is 0 Å². The summed E-state index contributed by atoms with van der Waals surface area (Å²) in [4.78, 5) is 18.7. The van der Waals surface area contributed by atoms with Gasteiger partial charge in [0.25, 0.3) is 0 Å². The molecule has 0 aliphatic heterocycles. The summed E-state index contributed by atoms with van der Waals surface area (Å²) in [5.41, 5.74) is 0.601. The fourth-order valence-electron chi connectivity index (χ4n) is 2.24. The second-order valence-electron chi connectivity index (χ2n) is 5.04.